The Hall–Kier alpha value is -4.30. The van der Waals surface area contributed by atoms with E-state index >= 15 is 0 Å². The Balaban J connectivity index is 1.56. The van der Waals surface area contributed by atoms with Crippen LogP contribution in [-0.2, 0) is 16.2 Å². The lowest BCUT2D eigenvalue weighted by atomic mass is 10.1. The zero-order chi connectivity index (χ0) is 26.4. The van der Waals surface area contributed by atoms with Crippen molar-refractivity contribution in [2.24, 2.45) is 0 Å². The Morgan fingerprint density at radius 1 is 0.946 bits per heavy atom. The minimum Gasteiger partial charge on any atom is -0.494 e. The number of anilines is 1. The Bertz CT molecular complexity index is 1350. The molecule has 0 unspecified atom stereocenters. The third-order valence-corrected chi connectivity index (χ3v) is 5.88. The average Bonchev–Trinajstić information content (AvgIpc) is 2.90. The number of amides is 4. The normalized spacial score (nSPS) is 14.5. The van der Waals surface area contributed by atoms with Crippen molar-refractivity contribution in [2.75, 3.05) is 18.6 Å². The lowest BCUT2D eigenvalue weighted by Gasteiger charge is -2.26. The van der Waals surface area contributed by atoms with Gasteiger partial charge in [0.05, 0.1) is 19.4 Å². The number of methoxy groups -OCH3 is 1. The number of nitrogens with one attached hydrogen (secondary N) is 1. The van der Waals surface area contributed by atoms with E-state index in [-0.39, 0.29) is 12.2 Å². The molecular weight excluding hydrogens is 496 g/mol. The molecule has 4 rings (SSSR count). The third-order valence-electron chi connectivity index (χ3n) is 5.51. The molecule has 0 aliphatic carbocycles. The van der Waals surface area contributed by atoms with E-state index in [1.807, 2.05) is 25.1 Å². The van der Waals surface area contributed by atoms with Crippen molar-refractivity contribution in [3.05, 3.63) is 88.5 Å². The highest BCUT2D eigenvalue weighted by atomic mass is 35.5. The van der Waals surface area contributed by atoms with E-state index in [0.29, 0.717) is 40.1 Å². The van der Waals surface area contributed by atoms with Crippen molar-refractivity contribution in [2.45, 2.75) is 20.0 Å². The Kier molecular flexibility index (Phi) is 8.10. The largest absolute Gasteiger partial charge is 0.494 e. The molecule has 1 fully saturated rings. The summed E-state index contributed by atoms with van der Waals surface area (Å²) in [5.74, 6) is -0.0424. The van der Waals surface area contributed by atoms with Gasteiger partial charge in [0.15, 0.2) is 11.5 Å². The van der Waals surface area contributed by atoms with E-state index in [1.54, 1.807) is 48.5 Å². The van der Waals surface area contributed by atoms with Crippen molar-refractivity contribution in [1.29, 1.82) is 0 Å². The fourth-order valence-corrected chi connectivity index (χ4v) is 3.82. The van der Waals surface area contributed by atoms with Gasteiger partial charge in [0.2, 0.25) is 0 Å². The van der Waals surface area contributed by atoms with Gasteiger partial charge in [-0.05, 0) is 60.5 Å². The summed E-state index contributed by atoms with van der Waals surface area (Å²) in [6, 6.07) is 18.0. The maximum atomic E-state index is 13.2. The monoisotopic (exact) mass is 520 g/mol. The Morgan fingerprint density at radius 3 is 2.41 bits per heavy atom. The van der Waals surface area contributed by atoms with Crippen LogP contribution in [0.3, 0.4) is 0 Å². The number of benzene rings is 3. The second-order valence-electron chi connectivity index (χ2n) is 8.09. The fourth-order valence-electron chi connectivity index (χ4n) is 3.63. The highest BCUT2D eigenvalue weighted by molar-refractivity contribution is 6.39. The molecule has 0 saturated carbocycles. The standard InChI is InChI=1S/C28H25ClN2O6/c1-3-14-36-21-11-9-20(10-12-21)31-27(33)22(26(32)30-28(31)34)15-18-8-13-24(25(16-18)35-2)37-17-19-6-4-5-7-23(19)29/h4-13,15-16H,3,14,17H2,1-2H3,(H,30,32,34)/b22-15-. The summed E-state index contributed by atoms with van der Waals surface area (Å²) in [7, 11) is 1.49. The van der Waals surface area contributed by atoms with Gasteiger partial charge in [-0.1, -0.05) is 42.8 Å². The molecule has 1 N–H and O–H groups in total. The zero-order valence-corrected chi connectivity index (χ0v) is 21.1. The van der Waals surface area contributed by atoms with E-state index in [2.05, 4.69) is 5.32 Å². The lowest BCUT2D eigenvalue weighted by molar-refractivity contribution is -0.122. The highest BCUT2D eigenvalue weighted by Gasteiger charge is 2.36. The minimum absolute atomic E-state index is 0.197. The summed E-state index contributed by atoms with van der Waals surface area (Å²) in [5.41, 5.74) is 1.44. The first-order valence-electron chi connectivity index (χ1n) is 11.6. The number of urea groups is 1. The number of rotatable bonds is 9. The smallest absolute Gasteiger partial charge is 0.335 e. The van der Waals surface area contributed by atoms with Gasteiger partial charge in [-0.15, -0.1) is 0 Å². The van der Waals surface area contributed by atoms with Gasteiger partial charge in [0.25, 0.3) is 11.8 Å². The number of hydrogen-bond acceptors (Lipinski definition) is 6. The molecule has 1 aliphatic heterocycles. The zero-order valence-electron chi connectivity index (χ0n) is 20.3. The minimum atomic E-state index is -0.824. The molecule has 0 radical (unpaired) electrons. The molecule has 9 heteroatoms. The van der Waals surface area contributed by atoms with Crippen LogP contribution in [0.15, 0.2) is 72.3 Å². The van der Waals surface area contributed by atoms with Gasteiger partial charge >= 0.3 is 6.03 Å². The number of imide groups is 2. The van der Waals surface area contributed by atoms with Gasteiger partial charge in [-0.3, -0.25) is 14.9 Å². The van der Waals surface area contributed by atoms with Crippen LogP contribution >= 0.6 is 11.6 Å². The number of carbonyl (C=O) groups is 3. The molecule has 3 aromatic rings. The number of hydrogen-bond donors (Lipinski definition) is 1. The van der Waals surface area contributed by atoms with Crippen molar-refractivity contribution >= 4 is 41.2 Å². The molecule has 0 spiro atoms. The number of barbiturate groups is 1. The van der Waals surface area contributed by atoms with Crippen LogP contribution in [0, 0.1) is 0 Å². The summed E-state index contributed by atoms with van der Waals surface area (Å²) in [4.78, 5) is 39.2. The second-order valence-corrected chi connectivity index (χ2v) is 8.50. The average molecular weight is 521 g/mol. The van der Waals surface area contributed by atoms with Crippen LogP contribution in [-0.4, -0.2) is 31.6 Å². The van der Waals surface area contributed by atoms with Crippen LogP contribution in [0.5, 0.6) is 17.2 Å². The van der Waals surface area contributed by atoms with Crippen LogP contribution in [0.2, 0.25) is 5.02 Å². The fraction of sp³-hybridized carbons (Fsp3) is 0.179. The maximum absolute atomic E-state index is 13.2. The highest BCUT2D eigenvalue weighted by Crippen LogP contribution is 2.31. The SMILES string of the molecule is CCCOc1ccc(N2C(=O)NC(=O)/C(=C/c3ccc(OCc4ccccc4Cl)c(OC)c3)C2=O)cc1. The first-order valence-corrected chi connectivity index (χ1v) is 12.0. The molecule has 0 bridgehead atoms. The van der Waals surface area contributed by atoms with Gasteiger partial charge in [-0.2, -0.15) is 0 Å². The second kappa shape index (κ2) is 11.6. The van der Waals surface area contributed by atoms with Gasteiger partial charge in [-0.25, -0.2) is 9.69 Å². The molecule has 37 heavy (non-hydrogen) atoms. The topological polar surface area (TPSA) is 94.2 Å². The van der Waals surface area contributed by atoms with Crippen LogP contribution in [0.1, 0.15) is 24.5 Å². The Morgan fingerprint density at radius 2 is 1.70 bits per heavy atom. The number of carbonyl (C=O) groups excluding carboxylic acids is 3. The first-order chi connectivity index (χ1) is 17.9. The van der Waals surface area contributed by atoms with Crippen molar-refractivity contribution in [3.8, 4) is 17.2 Å². The summed E-state index contributed by atoms with van der Waals surface area (Å²) < 4.78 is 16.9. The Labute approximate surface area is 219 Å². The number of halogens is 1. The molecule has 190 valence electrons. The lowest BCUT2D eigenvalue weighted by Crippen LogP contribution is -2.54. The molecule has 1 aliphatic rings. The molecule has 0 atom stereocenters. The van der Waals surface area contributed by atoms with Crippen molar-refractivity contribution < 1.29 is 28.6 Å². The summed E-state index contributed by atoms with van der Waals surface area (Å²) in [5, 5.41) is 2.81. The van der Waals surface area contributed by atoms with Crippen molar-refractivity contribution in [1.82, 2.24) is 5.32 Å². The van der Waals surface area contributed by atoms with E-state index in [0.717, 1.165) is 16.9 Å². The summed E-state index contributed by atoms with van der Waals surface area (Å²) in [6.07, 6.45) is 2.25. The summed E-state index contributed by atoms with van der Waals surface area (Å²) in [6.45, 7) is 2.78. The van der Waals surface area contributed by atoms with Crippen LogP contribution in [0.25, 0.3) is 6.08 Å². The molecule has 1 saturated heterocycles. The molecule has 1 heterocycles. The van der Waals surface area contributed by atoms with Gasteiger partial charge < -0.3 is 14.2 Å². The van der Waals surface area contributed by atoms with E-state index < -0.39 is 17.8 Å². The molecule has 4 amide bonds. The molecule has 0 aromatic heterocycles. The predicted octanol–water partition coefficient (Wildman–Crippen LogP) is 5.38. The van der Waals surface area contributed by atoms with E-state index in [4.69, 9.17) is 25.8 Å². The quantitative estimate of drug-likeness (QED) is 0.300. The van der Waals surface area contributed by atoms with Gasteiger partial charge in [0, 0.05) is 10.6 Å². The van der Waals surface area contributed by atoms with E-state index in [1.165, 1.54) is 13.2 Å². The molecule has 8 nitrogen and oxygen atoms in total. The molecular formula is C28H25ClN2O6. The van der Waals surface area contributed by atoms with Crippen molar-refractivity contribution in [3.63, 3.8) is 0 Å². The van der Waals surface area contributed by atoms with Crippen LogP contribution in [0.4, 0.5) is 10.5 Å². The van der Waals surface area contributed by atoms with Crippen LogP contribution < -0.4 is 24.4 Å². The number of nitrogens with zero attached hydrogens (tertiary/aromatic N) is 1. The third kappa shape index (κ3) is 5.92. The predicted molar refractivity (Wildman–Crippen MR) is 140 cm³/mol. The van der Waals surface area contributed by atoms with Gasteiger partial charge in [0.1, 0.15) is 17.9 Å². The first kappa shape index (κ1) is 25.8. The number of ether oxygens (including phenoxy) is 3. The van der Waals surface area contributed by atoms with E-state index in [9.17, 15) is 14.4 Å². The molecule has 3 aromatic carbocycles. The summed E-state index contributed by atoms with van der Waals surface area (Å²) >= 11 is 6.20. The maximum Gasteiger partial charge on any atom is 0.335 e.